The van der Waals surface area contributed by atoms with Gasteiger partial charge in [-0.3, -0.25) is 9.59 Å². The first kappa shape index (κ1) is 22.7. The van der Waals surface area contributed by atoms with Gasteiger partial charge in [-0.05, 0) is 35.9 Å². The van der Waals surface area contributed by atoms with Crippen molar-refractivity contribution in [2.45, 2.75) is 5.60 Å². The van der Waals surface area contributed by atoms with E-state index in [0.717, 1.165) is 0 Å². The van der Waals surface area contributed by atoms with Crippen LogP contribution in [0.5, 0.6) is 0 Å². The van der Waals surface area contributed by atoms with Gasteiger partial charge in [-0.1, -0.05) is 29.8 Å². The Morgan fingerprint density at radius 2 is 1.77 bits per heavy atom. The second-order valence-electron chi connectivity index (χ2n) is 6.22. The molecule has 1 atom stereocenters. The van der Waals surface area contributed by atoms with Crippen LogP contribution in [-0.4, -0.2) is 47.0 Å². The molecule has 0 bridgehead atoms. The average molecular weight is 434 g/mol. The monoisotopic (exact) mass is 433 g/mol. The average Bonchev–Trinajstić information content (AvgIpc) is 2.69. The van der Waals surface area contributed by atoms with Crippen LogP contribution in [0.2, 0.25) is 5.02 Å². The zero-order chi connectivity index (χ0) is 22.3. The van der Waals surface area contributed by atoms with Crippen molar-refractivity contribution in [3.63, 3.8) is 0 Å². The molecule has 158 valence electrons. The van der Waals surface area contributed by atoms with Gasteiger partial charge in [0.05, 0.1) is 18.8 Å². The summed E-state index contributed by atoms with van der Waals surface area (Å²) >= 11 is 5.84. The van der Waals surface area contributed by atoms with Crippen LogP contribution in [0.4, 0.5) is 5.69 Å². The van der Waals surface area contributed by atoms with Crippen molar-refractivity contribution in [1.82, 2.24) is 10.6 Å². The van der Waals surface area contributed by atoms with E-state index in [0.29, 0.717) is 5.69 Å². The SMILES string of the molecule is NC(N)=Nc1cccc(C(=O)NCC(=O)NCC(O)(C(=O)O)c2cccc(Cl)c2)c1. The number of benzene rings is 2. The molecular weight excluding hydrogens is 414 g/mol. The van der Waals surface area contributed by atoms with Gasteiger partial charge in [0.15, 0.2) is 5.96 Å². The molecule has 0 aliphatic rings. The maximum absolute atomic E-state index is 12.2. The molecule has 30 heavy (non-hydrogen) atoms. The van der Waals surface area contributed by atoms with Gasteiger partial charge < -0.3 is 32.3 Å². The van der Waals surface area contributed by atoms with Crippen molar-refractivity contribution in [1.29, 1.82) is 0 Å². The van der Waals surface area contributed by atoms with Gasteiger partial charge in [0.1, 0.15) is 0 Å². The van der Waals surface area contributed by atoms with E-state index in [9.17, 15) is 24.6 Å². The molecule has 11 heteroatoms. The first-order valence-corrected chi connectivity index (χ1v) is 8.96. The molecule has 2 rings (SSSR count). The number of aliphatic carboxylic acids is 1. The Morgan fingerprint density at radius 3 is 2.40 bits per heavy atom. The molecule has 0 saturated heterocycles. The van der Waals surface area contributed by atoms with Crippen LogP contribution in [-0.2, 0) is 15.2 Å². The van der Waals surface area contributed by atoms with E-state index >= 15 is 0 Å². The molecular formula is C19H20ClN5O5. The number of halogens is 1. The topological polar surface area (TPSA) is 180 Å². The molecule has 0 aromatic heterocycles. The number of nitrogens with zero attached hydrogens (tertiary/aromatic N) is 1. The second-order valence-corrected chi connectivity index (χ2v) is 6.66. The highest BCUT2D eigenvalue weighted by molar-refractivity contribution is 6.30. The van der Waals surface area contributed by atoms with E-state index < -0.39 is 36.5 Å². The van der Waals surface area contributed by atoms with Crippen LogP contribution in [0.25, 0.3) is 0 Å². The largest absolute Gasteiger partial charge is 0.479 e. The highest BCUT2D eigenvalue weighted by Gasteiger charge is 2.38. The van der Waals surface area contributed by atoms with Crippen LogP contribution in [0.1, 0.15) is 15.9 Å². The Labute approximate surface area is 176 Å². The van der Waals surface area contributed by atoms with Crippen LogP contribution < -0.4 is 22.1 Å². The Kier molecular flexibility index (Phi) is 7.34. The van der Waals surface area contributed by atoms with Crippen LogP contribution in [0.3, 0.4) is 0 Å². The molecule has 0 aliphatic carbocycles. The number of aliphatic imine (C=N–C) groups is 1. The van der Waals surface area contributed by atoms with E-state index in [1.807, 2.05) is 0 Å². The van der Waals surface area contributed by atoms with Crippen LogP contribution in [0, 0.1) is 0 Å². The van der Waals surface area contributed by atoms with Gasteiger partial charge in [-0.15, -0.1) is 0 Å². The van der Waals surface area contributed by atoms with Crippen molar-refractivity contribution in [3.8, 4) is 0 Å². The van der Waals surface area contributed by atoms with Crippen LogP contribution >= 0.6 is 11.6 Å². The fourth-order valence-electron chi connectivity index (χ4n) is 2.46. The number of amides is 2. The lowest BCUT2D eigenvalue weighted by Gasteiger charge is -2.24. The third-order valence-corrected chi connectivity index (χ3v) is 4.21. The third kappa shape index (κ3) is 5.93. The van der Waals surface area contributed by atoms with Crippen molar-refractivity contribution in [2.75, 3.05) is 13.1 Å². The smallest absolute Gasteiger partial charge is 0.342 e. The summed E-state index contributed by atoms with van der Waals surface area (Å²) < 4.78 is 0. The molecule has 0 saturated carbocycles. The number of rotatable bonds is 8. The fraction of sp³-hybridized carbons (Fsp3) is 0.158. The standard InChI is InChI=1S/C19H20ClN5O5/c20-13-5-2-4-12(8-13)19(30,17(28)29)10-24-15(26)9-23-16(27)11-3-1-6-14(7-11)25-18(21)22/h1-8,30H,9-10H2,(H,23,27)(H,24,26)(H,28,29)(H4,21,22,25). The number of aliphatic hydroxyl groups is 1. The maximum Gasteiger partial charge on any atom is 0.342 e. The van der Waals surface area contributed by atoms with E-state index in [2.05, 4.69) is 15.6 Å². The quantitative estimate of drug-likeness (QED) is 0.251. The number of hydrogen-bond acceptors (Lipinski definition) is 5. The first-order valence-electron chi connectivity index (χ1n) is 8.58. The van der Waals surface area contributed by atoms with E-state index in [-0.39, 0.29) is 22.1 Å². The summed E-state index contributed by atoms with van der Waals surface area (Å²) in [6.45, 7) is -1.08. The van der Waals surface area contributed by atoms with Gasteiger partial charge >= 0.3 is 5.97 Å². The summed E-state index contributed by atoms with van der Waals surface area (Å²) in [4.78, 5) is 39.6. The lowest BCUT2D eigenvalue weighted by atomic mass is 9.94. The summed E-state index contributed by atoms with van der Waals surface area (Å²) in [5, 5.41) is 24.8. The first-order chi connectivity index (χ1) is 14.1. The van der Waals surface area contributed by atoms with E-state index in [1.54, 1.807) is 12.1 Å². The number of carboxylic acid groups (broad SMARTS) is 1. The lowest BCUT2D eigenvalue weighted by molar-refractivity contribution is -0.159. The molecule has 10 nitrogen and oxygen atoms in total. The summed E-state index contributed by atoms with van der Waals surface area (Å²) in [6, 6.07) is 11.7. The minimum atomic E-state index is -2.39. The zero-order valence-electron chi connectivity index (χ0n) is 15.6. The Bertz CT molecular complexity index is 993. The predicted molar refractivity (Wildman–Crippen MR) is 110 cm³/mol. The van der Waals surface area contributed by atoms with Crippen molar-refractivity contribution in [3.05, 3.63) is 64.7 Å². The molecule has 2 aromatic carbocycles. The Morgan fingerprint density at radius 1 is 1.07 bits per heavy atom. The van der Waals surface area contributed by atoms with Gasteiger partial charge in [0, 0.05) is 10.6 Å². The zero-order valence-corrected chi connectivity index (χ0v) is 16.4. The van der Waals surface area contributed by atoms with E-state index in [1.165, 1.54) is 36.4 Å². The Balaban J connectivity index is 1.98. The molecule has 0 heterocycles. The van der Waals surface area contributed by atoms with E-state index in [4.69, 9.17) is 23.1 Å². The van der Waals surface area contributed by atoms with Crippen molar-refractivity contribution < 1.29 is 24.6 Å². The third-order valence-electron chi connectivity index (χ3n) is 3.97. The molecule has 0 aliphatic heterocycles. The molecule has 1 unspecified atom stereocenters. The maximum atomic E-state index is 12.2. The van der Waals surface area contributed by atoms with Gasteiger partial charge in [-0.2, -0.15) is 0 Å². The normalized spacial score (nSPS) is 12.3. The number of carbonyl (C=O) groups is 3. The summed E-state index contributed by atoms with van der Waals surface area (Å²) in [5.74, 6) is -3.00. The summed E-state index contributed by atoms with van der Waals surface area (Å²) in [6.07, 6.45) is 0. The Hall–Kier alpha value is -3.63. The number of hydrogen-bond donors (Lipinski definition) is 6. The van der Waals surface area contributed by atoms with Crippen molar-refractivity contribution in [2.24, 2.45) is 16.5 Å². The van der Waals surface area contributed by atoms with Crippen LogP contribution in [0.15, 0.2) is 53.5 Å². The van der Waals surface area contributed by atoms with Gasteiger partial charge in [0.2, 0.25) is 11.5 Å². The molecule has 0 radical (unpaired) electrons. The minimum absolute atomic E-state index is 0.00313. The van der Waals surface area contributed by atoms with Gasteiger partial charge in [-0.25, -0.2) is 9.79 Å². The fourth-order valence-corrected chi connectivity index (χ4v) is 2.65. The van der Waals surface area contributed by atoms with Gasteiger partial charge in [0.25, 0.3) is 5.91 Å². The lowest BCUT2D eigenvalue weighted by Crippen LogP contribution is -2.48. The molecule has 8 N–H and O–H groups in total. The summed E-state index contributed by atoms with van der Waals surface area (Å²) in [5.41, 5.74) is 8.78. The molecule has 2 aromatic rings. The second kappa shape index (κ2) is 9.72. The molecule has 0 fully saturated rings. The predicted octanol–water partition coefficient (Wildman–Crippen LogP) is 0.0633. The molecule has 2 amide bonds. The number of nitrogens with two attached hydrogens (primary N) is 2. The number of nitrogens with one attached hydrogen (secondary N) is 2. The number of guanidine groups is 1. The minimum Gasteiger partial charge on any atom is -0.479 e. The highest BCUT2D eigenvalue weighted by atomic mass is 35.5. The number of carbonyl (C=O) groups excluding carboxylic acids is 2. The number of carboxylic acids is 1. The van der Waals surface area contributed by atoms with Crippen molar-refractivity contribution >= 4 is 41.0 Å². The molecule has 0 spiro atoms. The highest BCUT2D eigenvalue weighted by Crippen LogP contribution is 2.24. The summed E-state index contributed by atoms with van der Waals surface area (Å²) in [7, 11) is 0.